The lowest BCUT2D eigenvalue weighted by molar-refractivity contribution is -0.123. The average molecular weight is 280 g/mol. The second kappa shape index (κ2) is 5.41. The predicted octanol–water partition coefficient (Wildman–Crippen LogP) is 2.69. The first-order valence-electron chi connectivity index (χ1n) is 6.87. The van der Waals surface area contributed by atoms with Gasteiger partial charge in [0.05, 0.1) is 0 Å². The molecule has 102 valence electrons. The van der Waals surface area contributed by atoms with Gasteiger partial charge in [-0.05, 0) is 24.8 Å². The number of fused-ring (bicyclic) bond motifs is 1. The Labute approximate surface area is 118 Å². The number of carbonyl (C=O) groups is 1. The molecule has 1 aliphatic heterocycles. The summed E-state index contributed by atoms with van der Waals surface area (Å²) < 4.78 is 5.56. The highest BCUT2D eigenvalue weighted by atomic mass is 35.5. The molecule has 1 N–H and O–H groups in total. The van der Waals surface area contributed by atoms with Gasteiger partial charge in [0.1, 0.15) is 18.3 Å². The van der Waals surface area contributed by atoms with E-state index in [1.54, 1.807) is 0 Å². The van der Waals surface area contributed by atoms with Crippen LogP contribution in [0.2, 0.25) is 0 Å². The van der Waals surface area contributed by atoms with Gasteiger partial charge in [-0.2, -0.15) is 0 Å². The van der Waals surface area contributed by atoms with E-state index < -0.39 is 0 Å². The Morgan fingerprint density at radius 1 is 1.37 bits per heavy atom. The summed E-state index contributed by atoms with van der Waals surface area (Å²) in [4.78, 5) is 12.4. The first-order valence-corrected chi connectivity index (χ1v) is 7.41. The van der Waals surface area contributed by atoms with Crippen molar-refractivity contribution in [2.45, 2.75) is 31.2 Å². The molecule has 0 aromatic heterocycles. The van der Waals surface area contributed by atoms with Crippen molar-refractivity contribution in [1.29, 1.82) is 0 Å². The summed E-state index contributed by atoms with van der Waals surface area (Å²) in [5, 5.41) is 3.16. The second-order valence-corrected chi connectivity index (χ2v) is 5.67. The van der Waals surface area contributed by atoms with Crippen LogP contribution in [0.15, 0.2) is 24.3 Å². The fraction of sp³-hybridized carbons (Fsp3) is 0.533. The number of hydrogen-bond donors (Lipinski definition) is 1. The number of nitrogens with one attached hydrogen (secondary N) is 1. The Balaban J connectivity index is 1.69. The van der Waals surface area contributed by atoms with Crippen molar-refractivity contribution in [1.82, 2.24) is 5.32 Å². The van der Waals surface area contributed by atoms with Gasteiger partial charge >= 0.3 is 0 Å². The molecule has 1 aromatic rings. The number of hydrogen-bond acceptors (Lipinski definition) is 2. The summed E-state index contributed by atoms with van der Waals surface area (Å²) in [6, 6.07) is 8.00. The van der Waals surface area contributed by atoms with E-state index in [2.05, 4.69) is 5.32 Å². The van der Waals surface area contributed by atoms with E-state index in [0.29, 0.717) is 18.4 Å². The average Bonchev–Trinajstić information content (AvgIpc) is 3.04. The maximum absolute atomic E-state index is 12.4. The molecule has 1 amide bonds. The zero-order valence-electron chi connectivity index (χ0n) is 10.8. The number of alkyl halides is 1. The van der Waals surface area contributed by atoms with Gasteiger partial charge in [0.25, 0.3) is 0 Å². The molecular formula is C15H18ClNO2. The third-order valence-electron chi connectivity index (χ3n) is 4.20. The number of ether oxygens (including phenoxy) is 1. The molecule has 4 heteroatoms. The van der Waals surface area contributed by atoms with Crippen molar-refractivity contribution in [2.24, 2.45) is 5.92 Å². The zero-order chi connectivity index (χ0) is 13.2. The lowest BCUT2D eigenvalue weighted by atomic mass is 9.99. The predicted molar refractivity (Wildman–Crippen MR) is 74.7 cm³/mol. The first-order chi connectivity index (χ1) is 9.29. The quantitative estimate of drug-likeness (QED) is 0.864. The highest BCUT2D eigenvalue weighted by Crippen LogP contribution is 2.34. The van der Waals surface area contributed by atoms with Crippen molar-refractivity contribution >= 4 is 17.5 Å². The summed E-state index contributed by atoms with van der Waals surface area (Å²) in [6.45, 7) is 0.448. The molecule has 0 bridgehead atoms. The molecule has 19 heavy (non-hydrogen) atoms. The topological polar surface area (TPSA) is 38.3 Å². The van der Waals surface area contributed by atoms with Crippen LogP contribution in [0.1, 0.15) is 30.7 Å². The van der Waals surface area contributed by atoms with Crippen molar-refractivity contribution < 1.29 is 9.53 Å². The minimum atomic E-state index is -0.173. The van der Waals surface area contributed by atoms with Crippen LogP contribution in [0.3, 0.4) is 0 Å². The molecular weight excluding hydrogens is 262 g/mol. The fourth-order valence-corrected chi connectivity index (χ4v) is 3.44. The van der Waals surface area contributed by atoms with Crippen LogP contribution < -0.4 is 10.1 Å². The smallest absolute Gasteiger partial charge is 0.231 e. The van der Waals surface area contributed by atoms with E-state index in [-0.39, 0.29) is 17.9 Å². The molecule has 1 saturated carbocycles. The van der Waals surface area contributed by atoms with E-state index in [1.807, 2.05) is 24.3 Å². The monoisotopic (exact) mass is 279 g/mol. The van der Waals surface area contributed by atoms with Crippen LogP contribution in [-0.4, -0.2) is 24.4 Å². The number of benzene rings is 1. The second-order valence-electron chi connectivity index (χ2n) is 5.36. The molecule has 3 nitrogen and oxygen atoms in total. The summed E-state index contributed by atoms with van der Waals surface area (Å²) >= 11 is 5.95. The normalized spacial score (nSPS) is 28.8. The molecule has 3 unspecified atom stereocenters. The number of carbonyl (C=O) groups excluding carboxylic acids is 1. The van der Waals surface area contributed by atoms with Crippen molar-refractivity contribution in [2.75, 3.05) is 12.5 Å². The van der Waals surface area contributed by atoms with Crippen molar-refractivity contribution in [3.05, 3.63) is 29.8 Å². The largest absolute Gasteiger partial charge is 0.492 e. The summed E-state index contributed by atoms with van der Waals surface area (Å²) in [5.74, 6) is 1.79. The third-order valence-corrected chi connectivity index (χ3v) is 4.60. The maximum Gasteiger partial charge on any atom is 0.231 e. The Morgan fingerprint density at radius 2 is 2.21 bits per heavy atom. The molecule has 1 fully saturated rings. The fourth-order valence-electron chi connectivity index (χ4n) is 3.07. The van der Waals surface area contributed by atoms with E-state index in [1.165, 1.54) is 0 Å². The number of para-hydroxylation sites is 1. The Morgan fingerprint density at radius 3 is 3.05 bits per heavy atom. The summed E-state index contributed by atoms with van der Waals surface area (Å²) in [6.07, 6.45) is 3.31. The van der Waals surface area contributed by atoms with Crippen LogP contribution in [0.25, 0.3) is 0 Å². The van der Waals surface area contributed by atoms with Crippen LogP contribution in [0, 0.1) is 5.92 Å². The van der Waals surface area contributed by atoms with Crippen molar-refractivity contribution in [3.8, 4) is 5.75 Å². The van der Waals surface area contributed by atoms with Crippen LogP contribution in [-0.2, 0) is 4.79 Å². The summed E-state index contributed by atoms with van der Waals surface area (Å²) in [7, 11) is 0. The SMILES string of the molecule is O=C(NC1CCCC1CCl)C1COc2ccccc21. The molecule has 0 spiro atoms. The Hall–Kier alpha value is -1.22. The van der Waals surface area contributed by atoms with Crippen LogP contribution in [0.4, 0.5) is 0 Å². The standard InChI is InChI=1S/C15H18ClNO2/c16-8-10-4-3-6-13(10)17-15(18)12-9-19-14-7-2-1-5-11(12)14/h1-2,5,7,10,12-13H,3-4,6,8-9H2,(H,17,18). The number of amides is 1. The molecule has 1 heterocycles. The van der Waals surface area contributed by atoms with Gasteiger partial charge in [0.2, 0.25) is 5.91 Å². The highest BCUT2D eigenvalue weighted by molar-refractivity contribution is 6.18. The van der Waals surface area contributed by atoms with Gasteiger partial charge in [-0.25, -0.2) is 0 Å². The van der Waals surface area contributed by atoms with Gasteiger partial charge in [-0.3, -0.25) is 4.79 Å². The lowest BCUT2D eigenvalue weighted by Crippen LogP contribution is -2.41. The van der Waals surface area contributed by atoms with Crippen LogP contribution in [0.5, 0.6) is 5.75 Å². The summed E-state index contributed by atoms with van der Waals surface area (Å²) in [5.41, 5.74) is 1.00. The maximum atomic E-state index is 12.4. The zero-order valence-corrected chi connectivity index (χ0v) is 11.5. The van der Waals surface area contributed by atoms with E-state index in [4.69, 9.17) is 16.3 Å². The van der Waals surface area contributed by atoms with Gasteiger partial charge in [0.15, 0.2) is 0 Å². The molecule has 2 aliphatic rings. The van der Waals surface area contributed by atoms with Crippen molar-refractivity contribution in [3.63, 3.8) is 0 Å². The van der Waals surface area contributed by atoms with Gasteiger partial charge in [-0.15, -0.1) is 11.6 Å². The number of rotatable bonds is 3. The lowest BCUT2D eigenvalue weighted by Gasteiger charge is -2.20. The van der Waals surface area contributed by atoms with E-state index in [0.717, 1.165) is 30.6 Å². The van der Waals surface area contributed by atoms with Gasteiger partial charge < -0.3 is 10.1 Å². The Kier molecular flexibility index (Phi) is 3.65. The van der Waals surface area contributed by atoms with Crippen LogP contribution >= 0.6 is 11.6 Å². The molecule has 1 aliphatic carbocycles. The van der Waals surface area contributed by atoms with Gasteiger partial charge in [0, 0.05) is 17.5 Å². The Bertz CT molecular complexity index is 477. The minimum absolute atomic E-state index is 0.0759. The molecule has 3 atom stereocenters. The highest BCUT2D eigenvalue weighted by Gasteiger charge is 2.34. The molecule has 0 saturated heterocycles. The van der Waals surface area contributed by atoms with Gasteiger partial charge in [-0.1, -0.05) is 24.6 Å². The molecule has 0 radical (unpaired) electrons. The first kappa shape index (κ1) is 12.8. The molecule has 1 aromatic carbocycles. The third kappa shape index (κ3) is 2.44. The van der Waals surface area contributed by atoms with E-state index in [9.17, 15) is 4.79 Å². The number of halogens is 1. The minimum Gasteiger partial charge on any atom is -0.492 e. The molecule has 3 rings (SSSR count). The van der Waals surface area contributed by atoms with E-state index >= 15 is 0 Å².